The summed E-state index contributed by atoms with van der Waals surface area (Å²) in [6, 6.07) is 14.0. The largest absolute Gasteiger partial charge is 0.390 e. The molecule has 2 saturated heterocycles. The summed E-state index contributed by atoms with van der Waals surface area (Å²) in [7, 11) is 0. The second-order valence-corrected chi connectivity index (χ2v) is 9.12. The van der Waals surface area contributed by atoms with Crippen molar-refractivity contribution >= 4 is 28.4 Å². The molecule has 5 atom stereocenters. The first kappa shape index (κ1) is 24.2. The monoisotopic (exact) mass is 465 g/mol. The molecule has 8 nitrogen and oxygen atoms in total. The number of nitrogens with zero attached hydrogens (tertiary/aromatic N) is 2. The number of anilines is 1. The molecule has 1 unspecified atom stereocenters. The van der Waals surface area contributed by atoms with Crippen LogP contribution in [0.1, 0.15) is 31.7 Å². The van der Waals surface area contributed by atoms with E-state index in [9.17, 15) is 25.4 Å². The van der Waals surface area contributed by atoms with Crippen molar-refractivity contribution < 1.29 is 24.9 Å². The molecule has 8 heteroatoms. The fourth-order valence-electron chi connectivity index (χ4n) is 4.55. The number of ether oxygens (including phenoxy) is 1. The Morgan fingerprint density at radius 1 is 1.12 bits per heavy atom. The van der Waals surface area contributed by atoms with Gasteiger partial charge in [-0.1, -0.05) is 25.1 Å². The minimum atomic E-state index is -1.26. The van der Waals surface area contributed by atoms with E-state index in [0.29, 0.717) is 0 Å². The lowest BCUT2D eigenvalue weighted by Crippen LogP contribution is -2.56. The van der Waals surface area contributed by atoms with Gasteiger partial charge in [-0.2, -0.15) is 5.26 Å². The normalized spacial score (nSPS) is 27.9. The van der Waals surface area contributed by atoms with E-state index < -0.39 is 36.4 Å². The highest BCUT2D eigenvalue weighted by atomic mass is 16.6. The minimum Gasteiger partial charge on any atom is -0.390 e. The molecular weight excluding hydrogens is 434 g/mol. The summed E-state index contributed by atoms with van der Waals surface area (Å²) in [5, 5.41) is 44.2. The number of hydrogen-bond acceptors (Lipinski definition) is 7. The molecule has 4 N–H and O–H groups in total. The van der Waals surface area contributed by atoms with E-state index in [2.05, 4.69) is 28.4 Å². The number of nitrogens with one attached hydrogen (secondary N) is 1. The zero-order valence-corrected chi connectivity index (χ0v) is 19.2. The predicted molar refractivity (Wildman–Crippen MR) is 129 cm³/mol. The van der Waals surface area contributed by atoms with E-state index in [0.717, 1.165) is 29.4 Å². The number of piperidine rings is 1. The molecule has 180 valence electrons. The maximum Gasteiger partial charge on any atom is 0.262 e. The molecule has 0 spiro atoms. The standard InChI is InChI=1S/C26H31N3O5/c1-16-23(30)24(31)22(34-26(16)33)15-28-25(32)20(14-27)12-17-5-6-19-13-21(8-7-18(19)11-17)29-9-3-2-4-10-29/h5-8,11-13,16,22-24,26,30-31,33H,2-4,9-10,15H2,1H3,(H,28,32)/b20-12+/t16-,22-,23-,24-,26?/m1/s1. The molecule has 2 aromatic carbocycles. The Labute approximate surface area is 199 Å². The lowest BCUT2D eigenvalue weighted by molar-refractivity contribution is -0.258. The number of amides is 1. The van der Waals surface area contributed by atoms with E-state index in [1.54, 1.807) is 6.92 Å². The first-order valence-corrected chi connectivity index (χ1v) is 11.8. The topological polar surface area (TPSA) is 126 Å². The van der Waals surface area contributed by atoms with Crippen molar-refractivity contribution in [1.29, 1.82) is 5.26 Å². The second kappa shape index (κ2) is 10.5. The summed E-state index contributed by atoms with van der Waals surface area (Å²) in [5.74, 6) is -1.28. The molecule has 4 rings (SSSR count). The lowest BCUT2D eigenvalue weighted by atomic mass is 9.92. The van der Waals surface area contributed by atoms with Gasteiger partial charge in [-0.15, -0.1) is 0 Å². The van der Waals surface area contributed by atoms with E-state index in [-0.39, 0.29) is 12.1 Å². The van der Waals surface area contributed by atoms with Crippen LogP contribution in [0, 0.1) is 17.2 Å². The molecule has 0 aliphatic carbocycles. The van der Waals surface area contributed by atoms with Gasteiger partial charge < -0.3 is 30.3 Å². The third kappa shape index (κ3) is 5.24. The van der Waals surface area contributed by atoms with Crippen molar-refractivity contribution in [3.8, 4) is 6.07 Å². The lowest BCUT2D eigenvalue weighted by Gasteiger charge is -2.39. The number of aliphatic hydroxyl groups excluding tert-OH is 3. The van der Waals surface area contributed by atoms with Crippen LogP contribution >= 0.6 is 0 Å². The summed E-state index contributed by atoms with van der Waals surface area (Å²) >= 11 is 0. The Hall–Kier alpha value is -2.96. The van der Waals surface area contributed by atoms with Crippen molar-refractivity contribution in [2.24, 2.45) is 5.92 Å². The van der Waals surface area contributed by atoms with Gasteiger partial charge in [0, 0.05) is 31.2 Å². The number of fused-ring (bicyclic) bond motifs is 1. The van der Waals surface area contributed by atoms with Crippen molar-refractivity contribution in [2.45, 2.75) is 50.8 Å². The van der Waals surface area contributed by atoms with Gasteiger partial charge in [-0.25, -0.2) is 0 Å². The van der Waals surface area contributed by atoms with Crippen LogP contribution in [0.2, 0.25) is 0 Å². The van der Waals surface area contributed by atoms with Crippen molar-refractivity contribution in [2.75, 3.05) is 24.5 Å². The fourth-order valence-corrected chi connectivity index (χ4v) is 4.55. The van der Waals surface area contributed by atoms with E-state index in [1.165, 1.54) is 31.0 Å². The number of nitriles is 1. The number of rotatable bonds is 5. The molecule has 2 aliphatic heterocycles. The third-order valence-electron chi connectivity index (χ3n) is 6.74. The number of carbonyl (C=O) groups excluding carboxylic acids is 1. The number of benzene rings is 2. The molecule has 0 saturated carbocycles. The Morgan fingerprint density at radius 2 is 1.82 bits per heavy atom. The molecule has 2 aromatic rings. The van der Waals surface area contributed by atoms with E-state index in [1.807, 2.05) is 24.3 Å². The SMILES string of the molecule is C[C@H]1C(O)O[C@H](CNC(=O)/C(C#N)=C/c2ccc3cc(N4CCCCC4)ccc3c2)[C@@H](O)[C@@H]1O. The number of aliphatic hydroxyl groups is 3. The van der Waals surface area contributed by atoms with Gasteiger partial charge in [0.25, 0.3) is 5.91 Å². The van der Waals surface area contributed by atoms with Gasteiger partial charge in [0.15, 0.2) is 6.29 Å². The molecule has 0 aromatic heterocycles. The van der Waals surface area contributed by atoms with Gasteiger partial charge in [-0.3, -0.25) is 4.79 Å². The fraction of sp³-hybridized carbons (Fsp3) is 0.462. The summed E-state index contributed by atoms with van der Waals surface area (Å²) in [5.41, 5.74) is 1.84. The molecule has 2 aliphatic rings. The average Bonchev–Trinajstić information content (AvgIpc) is 2.87. The van der Waals surface area contributed by atoms with Crippen molar-refractivity contribution in [3.63, 3.8) is 0 Å². The Balaban J connectivity index is 1.44. The second-order valence-electron chi connectivity index (χ2n) is 9.12. The number of hydrogen-bond donors (Lipinski definition) is 4. The molecule has 2 fully saturated rings. The minimum absolute atomic E-state index is 0.0935. The summed E-state index contributed by atoms with van der Waals surface area (Å²) < 4.78 is 5.29. The van der Waals surface area contributed by atoms with Gasteiger partial charge in [-0.05, 0) is 59.9 Å². The van der Waals surface area contributed by atoms with Crippen LogP contribution in [0.15, 0.2) is 42.0 Å². The van der Waals surface area contributed by atoms with Gasteiger partial charge >= 0.3 is 0 Å². The Morgan fingerprint density at radius 3 is 2.56 bits per heavy atom. The van der Waals surface area contributed by atoms with Crippen LogP contribution in [0.5, 0.6) is 0 Å². The highest BCUT2D eigenvalue weighted by molar-refractivity contribution is 6.02. The summed E-state index contributed by atoms with van der Waals surface area (Å²) in [6.45, 7) is 3.55. The van der Waals surface area contributed by atoms with Crippen LogP contribution in [0.3, 0.4) is 0 Å². The molecule has 1 amide bonds. The smallest absolute Gasteiger partial charge is 0.262 e. The first-order valence-electron chi connectivity index (χ1n) is 11.8. The first-order chi connectivity index (χ1) is 16.4. The van der Waals surface area contributed by atoms with Crippen LogP contribution in [0.25, 0.3) is 16.8 Å². The molecule has 34 heavy (non-hydrogen) atoms. The van der Waals surface area contributed by atoms with E-state index >= 15 is 0 Å². The van der Waals surface area contributed by atoms with Gasteiger partial charge in [0.1, 0.15) is 23.9 Å². The van der Waals surface area contributed by atoms with Gasteiger partial charge in [0.05, 0.1) is 6.10 Å². The van der Waals surface area contributed by atoms with Crippen LogP contribution in [-0.4, -0.2) is 65.5 Å². The predicted octanol–water partition coefficient (Wildman–Crippen LogP) is 1.93. The number of carbonyl (C=O) groups is 1. The highest BCUT2D eigenvalue weighted by Gasteiger charge is 2.41. The quantitative estimate of drug-likeness (QED) is 0.393. The summed E-state index contributed by atoms with van der Waals surface area (Å²) in [4.78, 5) is 15.0. The van der Waals surface area contributed by atoms with Crippen LogP contribution in [0.4, 0.5) is 5.69 Å². The van der Waals surface area contributed by atoms with Crippen LogP contribution < -0.4 is 10.2 Å². The maximum atomic E-state index is 12.6. The Bertz CT molecular complexity index is 1110. The molecular formula is C26H31N3O5. The molecule has 0 bridgehead atoms. The zero-order valence-electron chi connectivity index (χ0n) is 19.2. The third-order valence-corrected chi connectivity index (χ3v) is 6.74. The van der Waals surface area contributed by atoms with Crippen molar-refractivity contribution in [3.05, 3.63) is 47.5 Å². The zero-order chi connectivity index (χ0) is 24.2. The van der Waals surface area contributed by atoms with Crippen molar-refractivity contribution in [1.82, 2.24) is 5.32 Å². The average molecular weight is 466 g/mol. The summed E-state index contributed by atoms with van der Waals surface area (Å²) in [6.07, 6.45) is 0.551. The molecule has 0 radical (unpaired) electrons. The van der Waals surface area contributed by atoms with Gasteiger partial charge in [0.2, 0.25) is 0 Å². The Kier molecular flexibility index (Phi) is 7.49. The maximum absolute atomic E-state index is 12.6. The molecule has 2 heterocycles. The van der Waals surface area contributed by atoms with E-state index in [4.69, 9.17) is 4.74 Å². The highest BCUT2D eigenvalue weighted by Crippen LogP contribution is 2.27. The van der Waals surface area contributed by atoms with Crippen LogP contribution in [-0.2, 0) is 9.53 Å².